The Balaban J connectivity index is 1.89. The first-order valence-electron chi connectivity index (χ1n) is 6.56. The second-order valence-corrected chi connectivity index (χ2v) is 4.87. The zero-order valence-corrected chi connectivity index (χ0v) is 10.8. The molecule has 0 radical (unpaired) electrons. The van der Waals surface area contributed by atoms with Crippen LogP contribution >= 0.6 is 0 Å². The summed E-state index contributed by atoms with van der Waals surface area (Å²) in [4.78, 5) is 28.6. The van der Waals surface area contributed by atoms with Crippen LogP contribution in [0.2, 0.25) is 0 Å². The van der Waals surface area contributed by atoms with Crippen LogP contribution in [-0.2, 0) is 16.0 Å². The lowest BCUT2D eigenvalue weighted by Crippen LogP contribution is -2.42. The standard InChI is InChI=1S/C14H18N2O3/c17-13(18)10-12-2-1-8-16(14(12)19)9-5-11-3-6-15-7-4-11/h3-4,6-7,12H,1-2,5,8-10H2,(H,17,18). The minimum atomic E-state index is -0.894. The topological polar surface area (TPSA) is 70.5 Å². The summed E-state index contributed by atoms with van der Waals surface area (Å²) in [5.41, 5.74) is 1.14. The Bertz CT molecular complexity index is 447. The van der Waals surface area contributed by atoms with E-state index in [0.29, 0.717) is 13.0 Å². The SMILES string of the molecule is O=C(O)CC1CCCN(CCc2ccncc2)C1=O. The molecule has 1 aromatic rings. The molecule has 5 heteroatoms. The summed E-state index contributed by atoms with van der Waals surface area (Å²) in [7, 11) is 0. The van der Waals surface area contributed by atoms with E-state index in [1.54, 1.807) is 17.3 Å². The average molecular weight is 262 g/mol. The van der Waals surface area contributed by atoms with Crippen LogP contribution in [0.4, 0.5) is 0 Å². The Labute approximate surface area is 112 Å². The molecule has 0 aromatic carbocycles. The summed E-state index contributed by atoms with van der Waals surface area (Å²) < 4.78 is 0. The van der Waals surface area contributed by atoms with Gasteiger partial charge in [-0.05, 0) is 37.0 Å². The van der Waals surface area contributed by atoms with Gasteiger partial charge in [-0.2, -0.15) is 0 Å². The van der Waals surface area contributed by atoms with Gasteiger partial charge in [-0.1, -0.05) is 0 Å². The zero-order chi connectivity index (χ0) is 13.7. The highest BCUT2D eigenvalue weighted by Crippen LogP contribution is 2.21. The van der Waals surface area contributed by atoms with Crippen molar-refractivity contribution in [2.45, 2.75) is 25.7 Å². The van der Waals surface area contributed by atoms with Crippen molar-refractivity contribution in [2.75, 3.05) is 13.1 Å². The van der Waals surface area contributed by atoms with E-state index < -0.39 is 5.97 Å². The molecule has 1 atom stereocenters. The first-order chi connectivity index (χ1) is 9.16. The maximum absolute atomic E-state index is 12.1. The number of likely N-dealkylation sites (tertiary alicyclic amines) is 1. The lowest BCUT2D eigenvalue weighted by molar-refractivity contribution is -0.146. The average Bonchev–Trinajstić information content (AvgIpc) is 2.40. The van der Waals surface area contributed by atoms with Gasteiger partial charge in [-0.15, -0.1) is 0 Å². The second-order valence-electron chi connectivity index (χ2n) is 4.87. The third-order valence-corrected chi connectivity index (χ3v) is 3.48. The van der Waals surface area contributed by atoms with Gasteiger partial charge < -0.3 is 10.0 Å². The fourth-order valence-electron chi connectivity index (χ4n) is 2.46. The van der Waals surface area contributed by atoms with Crippen LogP contribution in [0.25, 0.3) is 0 Å². The number of hydrogen-bond donors (Lipinski definition) is 1. The van der Waals surface area contributed by atoms with Crippen molar-refractivity contribution < 1.29 is 14.7 Å². The predicted octanol–water partition coefficient (Wildman–Crippen LogP) is 1.34. The molecule has 1 aliphatic rings. The number of amides is 1. The molecule has 1 N–H and O–H groups in total. The molecule has 0 bridgehead atoms. The highest BCUT2D eigenvalue weighted by Gasteiger charge is 2.29. The summed E-state index contributed by atoms with van der Waals surface area (Å²) in [5.74, 6) is -1.25. The van der Waals surface area contributed by atoms with E-state index in [9.17, 15) is 9.59 Å². The van der Waals surface area contributed by atoms with E-state index in [1.807, 2.05) is 12.1 Å². The van der Waals surface area contributed by atoms with E-state index in [-0.39, 0.29) is 18.2 Å². The Morgan fingerprint density at radius 3 is 2.84 bits per heavy atom. The first kappa shape index (κ1) is 13.5. The molecule has 1 aliphatic heterocycles. The summed E-state index contributed by atoms with van der Waals surface area (Å²) in [5, 5.41) is 8.80. The number of nitrogens with zero attached hydrogens (tertiary/aromatic N) is 2. The molecule has 1 amide bonds. The van der Waals surface area contributed by atoms with Gasteiger partial charge in [-0.25, -0.2) is 0 Å². The Kier molecular flexibility index (Phi) is 4.49. The molecule has 5 nitrogen and oxygen atoms in total. The Morgan fingerprint density at radius 2 is 2.16 bits per heavy atom. The lowest BCUT2D eigenvalue weighted by atomic mass is 9.93. The van der Waals surface area contributed by atoms with Crippen molar-refractivity contribution in [2.24, 2.45) is 5.92 Å². The minimum Gasteiger partial charge on any atom is -0.481 e. The van der Waals surface area contributed by atoms with Crippen molar-refractivity contribution in [1.82, 2.24) is 9.88 Å². The molecule has 1 aromatic heterocycles. The van der Waals surface area contributed by atoms with Crippen LogP contribution in [0.5, 0.6) is 0 Å². The Morgan fingerprint density at radius 1 is 1.42 bits per heavy atom. The van der Waals surface area contributed by atoms with Gasteiger partial charge in [0.2, 0.25) is 5.91 Å². The zero-order valence-electron chi connectivity index (χ0n) is 10.8. The summed E-state index contributed by atoms with van der Waals surface area (Å²) in [6.07, 6.45) is 5.79. The van der Waals surface area contributed by atoms with Gasteiger partial charge in [-0.3, -0.25) is 14.6 Å². The molecule has 1 fully saturated rings. The monoisotopic (exact) mass is 262 g/mol. The molecular formula is C14H18N2O3. The van der Waals surface area contributed by atoms with Gasteiger partial charge in [0.15, 0.2) is 0 Å². The summed E-state index contributed by atoms with van der Waals surface area (Å²) in [6.45, 7) is 1.39. The van der Waals surface area contributed by atoms with Crippen LogP contribution in [0.3, 0.4) is 0 Å². The normalized spacial score (nSPS) is 19.5. The number of carbonyl (C=O) groups is 2. The van der Waals surface area contributed by atoms with E-state index in [1.165, 1.54) is 0 Å². The summed E-state index contributed by atoms with van der Waals surface area (Å²) >= 11 is 0. The van der Waals surface area contributed by atoms with Gasteiger partial charge in [0.25, 0.3) is 0 Å². The maximum atomic E-state index is 12.1. The molecule has 1 unspecified atom stereocenters. The van der Waals surface area contributed by atoms with E-state index in [4.69, 9.17) is 5.11 Å². The molecule has 102 valence electrons. The quantitative estimate of drug-likeness (QED) is 0.869. The molecular weight excluding hydrogens is 244 g/mol. The number of piperidine rings is 1. The molecule has 0 spiro atoms. The number of carboxylic acid groups (broad SMARTS) is 1. The molecule has 0 saturated carbocycles. The van der Waals surface area contributed by atoms with E-state index in [2.05, 4.69) is 4.98 Å². The van der Waals surface area contributed by atoms with Gasteiger partial charge >= 0.3 is 5.97 Å². The number of hydrogen-bond acceptors (Lipinski definition) is 3. The predicted molar refractivity (Wildman–Crippen MR) is 69.5 cm³/mol. The second kappa shape index (κ2) is 6.31. The Hall–Kier alpha value is -1.91. The van der Waals surface area contributed by atoms with Gasteiger partial charge in [0, 0.05) is 31.4 Å². The lowest BCUT2D eigenvalue weighted by Gasteiger charge is -2.31. The highest BCUT2D eigenvalue weighted by molar-refractivity contribution is 5.83. The third-order valence-electron chi connectivity index (χ3n) is 3.48. The fourth-order valence-corrected chi connectivity index (χ4v) is 2.46. The van der Waals surface area contributed by atoms with E-state index in [0.717, 1.165) is 24.9 Å². The van der Waals surface area contributed by atoms with Crippen LogP contribution in [-0.4, -0.2) is 40.0 Å². The number of rotatable bonds is 5. The van der Waals surface area contributed by atoms with Crippen molar-refractivity contribution in [3.05, 3.63) is 30.1 Å². The van der Waals surface area contributed by atoms with E-state index >= 15 is 0 Å². The molecule has 19 heavy (non-hydrogen) atoms. The molecule has 0 aliphatic carbocycles. The first-order valence-corrected chi connectivity index (χ1v) is 6.56. The third kappa shape index (κ3) is 3.77. The molecule has 1 saturated heterocycles. The number of pyridine rings is 1. The van der Waals surface area contributed by atoms with Gasteiger partial charge in [0.05, 0.1) is 6.42 Å². The van der Waals surface area contributed by atoms with Crippen LogP contribution < -0.4 is 0 Å². The smallest absolute Gasteiger partial charge is 0.304 e. The van der Waals surface area contributed by atoms with Crippen molar-refractivity contribution in [3.8, 4) is 0 Å². The van der Waals surface area contributed by atoms with Crippen molar-refractivity contribution >= 4 is 11.9 Å². The number of carbonyl (C=O) groups excluding carboxylic acids is 1. The molecule has 2 heterocycles. The van der Waals surface area contributed by atoms with Crippen LogP contribution in [0.1, 0.15) is 24.8 Å². The minimum absolute atomic E-state index is 0.0114. The number of aromatic nitrogens is 1. The van der Waals surface area contributed by atoms with Crippen molar-refractivity contribution in [3.63, 3.8) is 0 Å². The molecule has 2 rings (SSSR count). The number of carboxylic acids is 1. The van der Waals surface area contributed by atoms with Crippen LogP contribution in [0.15, 0.2) is 24.5 Å². The van der Waals surface area contributed by atoms with Crippen molar-refractivity contribution in [1.29, 1.82) is 0 Å². The largest absolute Gasteiger partial charge is 0.481 e. The van der Waals surface area contributed by atoms with Crippen LogP contribution in [0, 0.1) is 5.92 Å². The van der Waals surface area contributed by atoms with Gasteiger partial charge in [0.1, 0.15) is 0 Å². The number of aliphatic carboxylic acids is 1. The fraction of sp³-hybridized carbons (Fsp3) is 0.500. The maximum Gasteiger partial charge on any atom is 0.304 e. The summed E-state index contributed by atoms with van der Waals surface area (Å²) in [6, 6.07) is 3.87. The highest BCUT2D eigenvalue weighted by atomic mass is 16.4.